The van der Waals surface area contributed by atoms with Crippen LogP contribution >= 0.6 is 15.9 Å². The highest BCUT2D eigenvalue weighted by Gasteiger charge is 2.22. The normalized spacial score (nSPS) is 12.1. The van der Waals surface area contributed by atoms with E-state index in [2.05, 4.69) is 21.2 Å². The number of nitrogens with one attached hydrogen (secondary N) is 1. The summed E-state index contributed by atoms with van der Waals surface area (Å²) in [6.07, 6.45) is 0.791. The molecule has 6 heteroatoms. The Kier molecular flexibility index (Phi) is 5.78. The molecule has 0 bridgehead atoms. The van der Waals surface area contributed by atoms with Crippen molar-refractivity contribution < 1.29 is 8.42 Å². The van der Waals surface area contributed by atoms with Crippen LogP contribution in [-0.4, -0.2) is 39.9 Å². The summed E-state index contributed by atoms with van der Waals surface area (Å²) in [7, 11) is 0.0735. The van der Waals surface area contributed by atoms with Crippen LogP contribution in [0.3, 0.4) is 0 Å². The highest BCUT2D eigenvalue weighted by atomic mass is 79.9. The van der Waals surface area contributed by atoms with E-state index < -0.39 is 10.0 Å². The fourth-order valence-corrected chi connectivity index (χ4v) is 3.59. The molecule has 0 unspecified atom stereocenters. The fraction of sp³-hybridized carbons (Fsp3) is 0.500. The van der Waals surface area contributed by atoms with Gasteiger partial charge in [0, 0.05) is 18.1 Å². The van der Waals surface area contributed by atoms with E-state index in [0.717, 1.165) is 23.0 Å². The van der Waals surface area contributed by atoms with Gasteiger partial charge < -0.3 is 5.32 Å². The minimum Gasteiger partial charge on any atom is -0.320 e. The summed E-state index contributed by atoms with van der Waals surface area (Å²) in [5.41, 5.74) is 0.763. The average Bonchev–Trinajstić information content (AvgIpc) is 2.32. The first-order chi connectivity index (χ1) is 8.39. The fourth-order valence-electron chi connectivity index (χ4n) is 1.62. The van der Waals surface area contributed by atoms with Gasteiger partial charge in [0.1, 0.15) is 0 Å². The third-order valence-electron chi connectivity index (χ3n) is 2.74. The topological polar surface area (TPSA) is 49.4 Å². The summed E-state index contributed by atoms with van der Waals surface area (Å²) in [6, 6.07) is 5.30. The molecule has 0 aromatic heterocycles. The number of sulfonamides is 1. The number of hydrogen-bond acceptors (Lipinski definition) is 3. The second-order valence-corrected chi connectivity index (χ2v) is 7.12. The predicted octanol–water partition coefficient (Wildman–Crippen LogP) is 1.99. The van der Waals surface area contributed by atoms with Crippen LogP contribution < -0.4 is 5.32 Å². The Morgan fingerprint density at radius 1 is 1.39 bits per heavy atom. The maximum Gasteiger partial charge on any atom is 0.243 e. The van der Waals surface area contributed by atoms with Crippen molar-refractivity contribution in [3.8, 4) is 0 Å². The van der Waals surface area contributed by atoms with Crippen molar-refractivity contribution >= 4 is 26.0 Å². The van der Waals surface area contributed by atoms with Gasteiger partial charge in [0.15, 0.2) is 0 Å². The maximum absolute atomic E-state index is 12.4. The van der Waals surface area contributed by atoms with E-state index in [1.807, 2.05) is 13.1 Å². The summed E-state index contributed by atoms with van der Waals surface area (Å²) in [6.45, 7) is 3.12. The summed E-state index contributed by atoms with van der Waals surface area (Å²) in [5.74, 6) is 0. The highest BCUT2D eigenvalue weighted by molar-refractivity contribution is 9.10. The molecule has 4 nitrogen and oxygen atoms in total. The lowest BCUT2D eigenvalue weighted by atomic mass is 10.2. The van der Waals surface area contributed by atoms with Crippen molar-refractivity contribution in [1.29, 1.82) is 0 Å². The summed E-state index contributed by atoms with van der Waals surface area (Å²) < 4.78 is 26.9. The minimum absolute atomic E-state index is 0.365. The van der Waals surface area contributed by atoms with Crippen molar-refractivity contribution in [3.63, 3.8) is 0 Å². The van der Waals surface area contributed by atoms with E-state index >= 15 is 0 Å². The Balaban J connectivity index is 2.95. The number of benzene rings is 1. The van der Waals surface area contributed by atoms with Gasteiger partial charge in [-0.3, -0.25) is 0 Å². The van der Waals surface area contributed by atoms with Gasteiger partial charge in [-0.2, -0.15) is 0 Å². The van der Waals surface area contributed by atoms with Crippen LogP contribution in [0.4, 0.5) is 0 Å². The van der Waals surface area contributed by atoms with Gasteiger partial charge in [0.2, 0.25) is 10.0 Å². The molecule has 18 heavy (non-hydrogen) atoms. The Hall–Kier alpha value is -0.430. The molecule has 1 aromatic rings. The van der Waals surface area contributed by atoms with Crippen molar-refractivity contribution in [2.45, 2.75) is 18.2 Å². The molecule has 0 aliphatic rings. The number of nitrogens with zero attached hydrogens (tertiary/aromatic N) is 1. The third kappa shape index (κ3) is 3.78. The zero-order valence-corrected chi connectivity index (χ0v) is 13.3. The quantitative estimate of drug-likeness (QED) is 0.809. The molecule has 102 valence electrons. The molecule has 0 saturated heterocycles. The van der Waals surface area contributed by atoms with Crippen molar-refractivity contribution in [2.24, 2.45) is 0 Å². The van der Waals surface area contributed by atoms with E-state index in [1.165, 1.54) is 4.31 Å². The van der Waals surface area contributed by atoms with Crippen LogP contribution in [0, 0.1) is 6.92 Å². The summed E-state index contributed by atoms with van der Waals surface area (Å²) in [4.78, 5) is 0.365. The number of hydrogen-bond donors (Lipinski definition) is 1. The van der Waals surface area contributed by atoms with Crippen LogP contribution in [0.25, 0.3) is 0 Å². The van der Waals surface area contributed by atoms with Gasteiger partial charge in [-0.15, -0.1) is 0 Å². The van der Waals surface area contributed by atoms with Gasteiger partial charge in [0.25, 0.3) is 0 Å². The second kappa shape index (κ2) is 6.65. The van der Waals surface area contributed by atoms with E-state index in [9.17, 15) is 8.42 Å². The standard InChI is InChI=1S/C12H19BrN2O2S/c1-10-5-6-11(13)9-12(10)18(16,17)15(3)8-4-7-14-2/h5-6,9,14H,4,7-8H2,1-3H3. The molecule has 0 spiro atoms. The molecule has 0 aliphatic carbocycles. The molecular weight excluding hydrogens is 316 g/mol. The molecule has 0 fully saturated rings. The lowest BCUT2D eigenvalue weighted by Crippen LogP contribution is -2.30. The molecular formula is C12H19BrN2O2S. The molecule has 0 aliphatic heterocycles. The van der Waals surface area contributed by atoms with Gasteiger partial charge in [-0.05, 0) is 44.6 Å². The summed E-state index contributed by atoms with van der Waals surface area (Å²) in [5, 5.41) is 3.01. The molecule has 1 N–H and O–H groups in total. The first-order valence-corrected chi connectivity index (χ1v) is 8.00. The van der Waals surface area contributed by atoms with E-state index in [1.54, 1.807) is 26.1 Å². The zero-order valence-electron chi connectivity index (χ0n) is 10.9. The Morgan fingerprint density at radius 2 is 2.06 bits per heavy atom. The highest BCUT2D eigenvalue weighted by Crippen LogP contribution is 2.23. The van der Waals surface area contributed by atoms with Crippen molar-refractivity contribution in [1.82, 2.24) is 9.62 Å². The van der Waals surface area contributed by atoms with Gasteiger partial charge in [-0.25, -0.2) is 12.7 Å². The van der Waals surface area contributed by atoms with Gasteiger partial charge >= 0.3 is 0 Å². The van der Waals surface area contributed by atoms with Crippen molar-refractivity contribution in [3.05, 3.63) is 28.2 Å². The third-order valence-corrected chi connectivity index (χ3v) is 5.23. The van der Waals surface area contributed by atoms with E-state index in [-0.39, 0.29) is 0 Å². The Morgan fingerprint density at radius 3 is 2.67 bits per heavy atom. The number of halogens is 1. The number of aryl methyl sites for hydroxylation is 1. The number of rotatable bonds is 6. The Labute approximate surface area is 118 Å². The molecule has 1 rings (SSSR count). The van der Waals surface area contributed by atoms with Gasteiger partial charge in [0.05, 0.1) is 4.90 Å². The minimum atomic E-state index is -3.40. The van der Waals surface area contributed by atoms with Crippen molar-refractivity contribution in [2.75, 3.05) is 27.2 Å². The van der Waals surface area contributed by atoms with Gasteiger partial charge in [-0.1, -0.05) is 22.0 Å². The SMILES string of the molecule is CNCCCN(C)S(=O)(=O)c1cc(Br)ccc1C. The monoisotopic (exact) mass is 334 g/mol. The second-order valence-electron chi connectivity index (χ2n) is 4.19. The molecule has 0 atom stereocenters. The molecule has 0 saturated carbocycles. The van der Waals surface area contributed by atoms with E-state index in [0.29, 0.717) is 11.4 Å². The maximum atomic E-state index is 12.4. The first kappa shape index (κ1) is 15.6. The molecule has 0 amide bonds. The van der Waals surface area contributed by atoms with Crippen LogP contribution in [-0.2, 0) is 10.0 Å². The smallest absolute Gasteiger partial charge is 0.243 e. The lowest BCUT2D eigenvalue weighted by Gasteiger charge is -2.18. The van der Waals surface area contributed by atoms with Crippen LogP contribution in [0.2, 0.25) is 0 Å². The average molecular weight is 335 g/mol. The van der Waals surface area contributed by atoms with Crippen LogP contribution in [0.15, 0.2) is 27.6 Å². The predicted molar refractivity (Wildman–Crippen MR) is 77.2 cm³/mol. The first-order valence-electron chi connectivity index (χ1n) is 5.76. The van der Waals surface area contributed by atoms with E-state index in [4.69, 9.17) is 0 Å². The lowest BCUT2D eigenvalue weighted by molar-refractivity contribution is 0.457. The molecule has 1 aromatic carbocycles. The largest absolute Gasteiger partial charge is 0.320 e. The van der Waals surface area contributed by atoms with Crippen LogP contribution in [0.5, 0.6) is 0 Å². The molecule has 0 heterocycles. The molecule has 0 radical (unpaired) electrons. The zero-order chi connectivity index (χ0) is 13.8. The van der Waals surface area contributed by atoms with Crippen LogP contribution in [0.1, 0.15) is 12.0 Å². The summed E-state index contributed by atoms with van der Waals surface area (Å²) >= 11 is 3.31. The Bertz CT molecular complexity index is 503.